The van der Waals surface area contributed by atoms with E-state index in [0.29, 0.717) is 0 Å². The molecule has 0 unspecified atom stereocenters. The fourth-order valence-corrected chi connectivity index (χ4v) is 1.87. The Hall–Kier alpha value is -0.850. The second-order valence-electron chi connectivity index (χ2n) is 4.24. The van der Waals surface area contributed by atoms with Gasteiger partial charge in [0.25, 0.3) is 0 Å². The quantitative estimate of drug-likeness (QED) is 0.546. The lowest BCUT2D eigenvalue weighted by molar-refractivity contribution is 0.621. The summed E-state index contributed by atoms with van der Waals surface area (Å²) in [6.07, 6.45) is 10.2. The first-order chi connectivity index (χ1) is 6.67. The van der Waals surface area contributed by atoms with E-state index in [9.17, 15) is 0 Å². The molecule has 1 nitrogen and oxygen atoms in total. The molecule has 1 heteroatoms. The summed E-state index contributed by atoms with van der Waals surface area (Å²) < 4.78 is 0. The minimum absolute atomic E-state index is 0.199. The first-order valence-electron chi connectivity index (χ1n) is 5.64. The highest BCUT2D eigenvalue weighted by Crippen LogP contribution is 2.31. The summed E-state index contributed by atoms with van der Waals surface area (Å²) in [5.41, 5.74) is 2.99. The molecule has 0 amide bonds. The van der Waals surface area contributed by atoms with Gasteiger partial charge in [-0.25, -0.2) is 0 Å². The topological polar surface area (TPSA) is 12.4 Å². The van der Waals surface area contributed by atoms with Crippen LogP contribution in [-0.2, 0) is 0 Å². The summed E-state index contributed by atoms with van der Waals surface area (Å²) in [6.45, 7) is 8.46. The van der Waals surface area contributed by atoms with Crippen LogP contribution in [0, 0.1) is 5.41 Å². The van der Waals surface area contributed by atoms with E-state index in [2.05, 4.69) is 31.0 Å². The first-order valence-corrected chi connectivity index (χ1v) is 5.64. The molecule has 1 aliphatic heterocycles. The van der Waals surface area contributed by atoms with E-state index >= 15 is 0 Å². The highest BCUT2D eigenvalue weighted by atomic mass is 14.7. The average Bonchev–Trinajstić information content (AvgIpc) is 2.50. The van der Waals surface area contributed by atoms with Gasteiger partial charge in [-0.3, -0.25) is 4.99 Å². The summed E-state index contributed by atoms with van der Waals surface area (Å²) in [7, 11) is 0. The Labute approximate surface area is 87.6 Å². The number of nitrogens with zero attached hydrogens (tertiary/aromatic N) is 1. The Morgan fingerprint density at radius 1 is 1.21 bits per heavy atom. The second kappa shape index (κ2) is 4.59. The zero-order valence-electron chi connectivity index (χ0n) is 9.80. The molecule has 2 rings (SSSR count). The van der Waals surface area contributed by atoms with E-state index in [1.54, 1.807) is 0 Å². The van der Waals surface area contributed by atoms with Crippen LogP contribution in [-0.4, -0.2) is 5.71 Å². The fourth-order valence-electron chi connectivity index (χ4n) is 1.87. The van der Waals surface area contributed by atoms with Crippen molar-refractivity contribution in [2.75, 3.05) is 0 Å². The molecular formula is C13H21N. The monoisotopic (exact) mass is 191 g/mol. The Kier molecular flexibility index (Phi) is 3.68. The lowest BCUT2D eigenvalue weighted by Crippen LogP contribution is -2.03. The minimum atomic E-state index is 0.199. The zero-order chi connectivity index (χ0) is 10.6. The molecule has 0 N–H and O–H groups in total. The van der Waals surface area contributed by atoms with Crippen molar-refractivity contribution in [3.8, 4) is 0 Å². The maximum absolute atomic E-state index is 4.45. The maximum atomic E-state index is 4.45. The van der Waals surface area contributed by atoms with E-state index < -0.39 is 0 Å². The standard InChI is InChI=1S/C11H15N.C2H6/c1-11(2)6-7-12-10-5-3-4-9(10)8-11;1-2/h6-8H,3-5H2,1-2H3;1-2H3. The molecule has 0 saturated heterocycles. The Balaban J connectivity index is 0.000000461. The van der Waals surface area contributed by atoms with Crippen LogP contribution < -0.4 is 0 Å². The number of rotatable bonds is 0. The van der Waals surface area contributed by atoms with Crippen molar-refractivity contribution >= 4 is 5.71 Å². The number of allylic oxidation sites excluding steroid dienone is 3. The Morgan fingerprint density at radius 3 is 2.64 bits per heavy atom. The molecule has 0 spiro atoms. The molecule has 0 aromatic carbocycles. The summed E-state index contributed by atoms with van der Waals surface area (Å²) in [6, 6.07) is 0. The van der Waals surface area contributed by atoms with Crippen LogP contribution >= 0.6 is 0 Å². The van der Waals surface area contributed by atoms with Gasteiger partial charge in [0.2, 0.25) is 0 Å². The lowest BCUT2D eigenvalue weighted by Gasteiger charge is -2.13. The summed E-state index contributed by atoms with van der Waals surface area (Å²) >= 11 is 0. The highest BCUT2D eigenvalue weighted by Gasteiger charge is 2.20. The molecule has 1 aliphatic carbocycles. The van der Waals surface area contributed by atoms with Crippen LogP contribution in [0.4, 0.5) is 0 Å². The molecule has 0 atom stereocenters. The van der Waals surface area contributed by atoms with Gasteiger partial charge in [0.1, 0.15) is 0 Å². The molecule has 78 valence electrons. The zero-order valence-corrected chi connectivity index (χ0v) is 9.80. The fraction of sp³-hybridized carbons (Fsp3) is 0.615. The Bertz CT molecular complexity index is 280. The number of hydrogen-bond acceptors (Lipinski definition) is 1. The first kappa shape index (κ1) is 11.2. The van der Waals surface area contributed by atoms with E-state index in [0.717, 1.165) is 0 Å². The van der Waals surface area contributed by atoms with Crippen LogP contribution in [0.1, 0.15) is 47.0 Å². The lowest BCUT2D eigenvalue weighted by atomic mass is 9.90. The van der Waals surface area contributed by atoms with Gasteiger partial charge in [-0.05, 0) is 24.8 Å². The van der Waals surface area contributed by atoms with Crippen molar-refractivity contribution in [3.05, 3.63) is 23.9 Å². The smallest absolute Gasteiger partial charge is 0.0432 e. The largest absolute Gasteiger partial charge is 0.261 e. The van der Waals surface area contributed by atoms with E-state index in [-0.39, 0.29) is 5.41 Å². The van der Waals surface area contributed by atoms with Gasteiger partial charge >= 0.3 is 0 Å². The van der Waals surface area contributed by atoms with Crippen molar-refractivity contribution in [2.45, 2.75) is 47.0 Å². The maximum Gasteiger partial charge on any atom is 0.0432 e. The predicted molar refractivity (Wildman–Crippen MR) is 63.6 cm³/mol. The van der Waals surface area contributed by atoms with Gasteiger partial charge in [-0.1, -0.05) is 39.8 Å². The second-order valence-corrected chi connectivity index (χ2v) is 4.24. The molecule has 1 saturated carbocycles. The molecule has 0 aromatic rings. The van der Waals surface area contributed by atoms with Gasteiger partial charge in [-0.2, -0.15) is 0 Å². The molecule has 14 heavy (non-hydrogen) atoms. The third-order valence-electron chi connectivity index (χ3n) is 2.51. The SMILES string of the molecule is CC.CC1(C)C=CN=C2CCCC2=C1. The molecule has 1 heterocycles. The normalized spacial score (nSPS) is 22.6. The highest BCUT2D eigenvalue weighted by molar-refractivity contribution is 6.02. The van der Waals surface area contributed by atoms with Crippen molar-refractivity contribution in [2.24, 2.45) is 10.4 Å². The van der Waals surface area contributed by atoms with Crippen LogP contribution in [0.15, 0.2) is 28.9 Å². The summed E-state index contributed by atoms with van der Waals surface area (Å²) in [5.74, 6) is 0. The van der Waals surface area contributed by atoms with E-state index in [1.807, 2.05) is 20.0 Å². The van der Waals surface area contributed by atoms with Crippen LogP contribution in [0.3, 0.4) is 0 Å². The predicted octanol–water partition coefficient (Wildman–Crippen LogP) is 4.12. The van der Waals surface area contributed by atoms with Crippen LogP contribution in [0.2, 0.25) is 0 Å². The Morgan fingerprint density at radius 2 is 1.93 bits per heavy atom. The van der Waals surface area contributed by atoms with Gasteiger partial charge in [0.15, 0.2) is 0 Å². The summed E-state index contributed by atoms with van der Waals surface area (Å²) in [5, 5.41) is 0. The average molecular weight is 191 g/mol. The molecule has 0 radical (unpaired) electrons. The third kappa shape index (κ3) is 2.57. The number of fused-ring (bicyclic) bond motifs is 1. The molecule has 2 aliphatic rings. The van der Waals surface area contributed by atoms with Crippen LogP contribution in [0.25, 0.3) is 0 Å². The van der Waals surface area contributed by atoms with Gasteiger partial charge in [-0.15, -0.1) is 0 Å². The van der Waals surface area contributed by atoms with Crippen molar-refractivity contribution < 1.29 is 0 Å². The molecule has 1 fully saturated rings. The molecule has 0 bridgehead atoms. The minimum Gasteiger partial charge on any atom is -0.261 e. The number of hydrogen-bond donors (Lipinski definition) is 0. The van der Waals surface area contributed by atoms with Crippen molar-refractivity contribution in [1.29, 1.82) is 0 Å². The van der Waals surface area contributed by atoms with Gasteiger partial charge < -0.3 is 0 Å². The third-order valence-corrected chi connectivity index (χ3v) is 2.51. The van der Waals surface area contributed by atoms with Crippen LogP contribution in [0.5, 0.6) is 0 Å². The van der Waals surface area contributed by atoms with Crippen molar-refractivity contribution in [1.82, 2.24) is 0 Å². The molecule has 0 aromatic heterocycles. The number of aliphatic imine (C=N–C) groups is 1. The summed E-state index contributed by atoms with van der Waals surface area (Å²) in [4.78, 5) is 4.45. The van der Waals surface area contributed by atoms with Gasteiger partial charge in [0, 0.05) is 17.3 Å². The van der Waals surface area contributed by atoms with Crippen molar-refractivity contribution in [3.63, 3.8) is 0 Å². The van der Waals surface area contributed by atoms with Gasteiger partial charge in [0.05, 0.1) is 0 Å². The molecular weight excluding hydrogens is 170 g/mol. The van der Waals surface area contributed by atoms with E-state index in [4.69, 9.17) is 0 Å². The van der Waals surface area contributed by atoms with E-state index in [1.165, 1.54) is 30.5 Å².